The van der Waals surface area contributed by atoms with E-state index in [9.17, 15) is 19.8 Å². The van der Waals surface area contributed by atoms with Gasteiger partial charge in [-0.1, -0.05) is 250 Å². The van der Waals surface area contributed by atoms with E-state index in [2.05, 4.69) is 62.5 Å². The number of aliphatic hydroxyl groups excluding tert-OH is 2. The molecule has 0 saturated carbocycles. The van der Waals surface area contributed by atoms with Crippen molar-refractivity contribution < 1.29 is 24.5 Å². The van der Waals surface area contributed by atoms with Gasteiger partial charge in [0.15, 0.2) is 0 Å². The van der Waals surface area contributed by atoms with Crippen LogP contribution in [0.3, 0.4) is 0 Å². The van der Waals surface area contributed by atoms with Crippen LogP contribution in [0.1, 0.15) is 303 Å². The maximum absolute atomic E-state index is 13.2. The van der Waals surface area contributed by atoms with Crippen molar-refractivity contribution >= 4 is 11.9 Å². The molecule has 0 aromatic heterocycles. The van der Waals surface area contributed by atoms with Gasteiger partial charge in [-0.3, -0.25) is 9.59 Å². The highest BCUT2D eigenvalue weighted by Crippen LogP contribution is 2.18. The number of rotatable bonds is 52. The van der Waals surface area contributed by atoms with Crippen LogP contribution in [0.15, 0.2) is 36.5 Å². The lowest BCUT2D eigenvalue weighted by molar-refractivity contribution is -0.151. The van der Waals surface area contributed by atoms with E-state index in [0.717, 1.165) is 77.0 Å². The monoisotopic (exact) mass is 914 g/mol. The Hall–Kier alpha value is -1.92. The normalized spacial score (nSPS) is 13.4. The van der Waals surface area contributed by atoms with Crippen molar-refractivity contribution in [2.75, 3.05) is 6.61 Å². The molecule has 1 amide bonds. The van der Waals surface area contributed by atoms with E-state index in [1.54, 1.807) is 0 Å². The predicted molar refractivity (Wildman–Crippen MR) is 282 cm³/mol. The summed E-state index contributed by atoms with van der Waals surface area (Å²) in [4.78, 5) is 26.2. The SMILES string of the molecule is CCCCCCCCC/C=C/C=C/CCCCCCCC(=O)OC(CCCCC/C=C/CCCCCCCCC)CC(=O)NC(CO)C(O)CCCCCCCCCCCCCCCC. The van der Waals surface area contributed by atoms with Crippen molar-refractivity contribution in [3.8, 4) is 0 Å². The van der Waals surface area contributed by atoms with E-state index in [1.807, 2.05) is 0 Å². The van der Waals surface area contributed by atoms with Crippen LogP contribution in [0, 0.1) is 0 Å². The number of amides is 1. The third-order valence-electron chi connectivity index (χ3n) is 13.2. The molecule has 382 valence electrons. The third kappa shape index (κ3) is 48.3. The number of hydrogen-bond acceptors (Lipinski definition) is 5. The third-order valence-corrected chi connectivity index (χ3v) is 13.2. The van der Waals surface area contributed by atoms with Gasteiger partial charge < -0.3 is 20.3 Å². The maximum Gasteiger partial charge on any atom is 0.306 e. The first kappa shape index (κ1) is 63.1. The molecule has 6 nitrogen and oxygen atoms in total. The van der Waals surface area contributed by atoms with Gasteiger partial charge in [-0.05, 0) is 77.0 Å². The smallest absolute Gasteiger partial charge is 0.306 e. The molecule has 0 heterocycles. The number of carbonyl (C=O) groups is 2. The highest BCUT2D eigenvalue weighted by molar-refractivity contribution is 5.77. The van der Waals surface area contributed by atoms with Crippen molar-refractivity contribution in [3.63, 3.8) is 0 Å². The second-order valence-electron chi connectivity index (χ2n) is 19.7. The molecular weight excluding hydrogens is 803 g/mol. The molecule has 3 atom stereocenters. The van der Waals surface area contributed by atoms with E-state index in [4.69, 9.17) is 4.74 Å². The molecule has 0 aromatic carbocycles. The molecule has 0 radical (unpaired) electrons. The first-order valence-corrected chi connectivity index (χ1v) is 28.7. The lowest BCUT2D eigenvalue weighted by Crippen LogP contribution is -2.46. The van der Waals surface area contributed by atoms with Crippen molar-refractivity contribution in [3.05, 3.63) is 36.5 Å². The number of allylic oxidation sites excluding steroid dienone is 6. The molecule has 6 heteroatoms. The van der Waals surface area contributed by atoms with Crippen LogP contribution < -0.4 is 5.32 Å². The fraction of sp³-hybridized carbons (Fsp3) is 0.864. The topological polar surface area (TPSA) is 95.9 Å². The van der Waals surface area contributed by atoms with Gasteiger partial charge in [0, 0.05) is 6.42 Å². The Morgan fingerprint density at radius 1 is 0.446 bits per heavy atom. The van der Waals surface area contributed by atoms with Crippen molar-refractivity contribution in [1.29, 1.82) is 0 Å². The maximum atomic E-state index is 13.2. The van der Waals surface area contributed by atoms with Crippen LogP contribution in [0.25, 0.3) is 0 Å². The molecule has 0 fully saturated rings. The molecule has 0 spiro atoms. The van der Waals surface area contributed by atoms with Crippen molar-refractivity contribution in [2.24, 2.45) is 0 Å². The summed E-state index contributed by atoms with van der Waals surface area (Å²) in [7, 11) is 0. The average Bonchev–Trinajstić information content (AvgIpc) is 3.30. The summed E-state index contributed by atoms with van der Waals surface area (Å²) >= 11 is 0. The van der Waals surface area contributed by atoms with E-state index in [-0.39, 0.29) is 24.9 Å². The quantitative estimate of drug-likeness (QED) is 0.0244. The average molecular weight is 915 g/mol. The molecule has 3 N–H and O–H groups in total. The number of carbonyl (C=O) groups excluding carboxylic acids is 2. The largest absolute Gasteiger partial charge is 0.462 e. The van der Waals surface area contributed by atoms with Crippen molar-refractivity contribution in [2.45, 2.75) is 322 Å². The Balaban J connectivity index is 4.57. The number of esters is 1. The summed E-state index contributed by atoms with van der Waals surface area (Å²) in [5.74, 6) is -0.494. The van der Waals surface area contributed by atoms with Gasteiger partial charge in [0.05, 0.1) is 25.2 Å². The molecule has 3 unspecified atom stereocenters. The minimum atomic E-state index is -0.793. The summed E-state index contributed by atoms with van der Waals surface area (Å²) < 4.78 is 5.95. The number of ether oxygens (including phenoxy) is 1. The van der Waals surface area contributed by atoms with Crippen LogP contribution in [-0.4, -0.2) is 46.9 Å². The lowest BCUT2D eigenvalue weighted by atomic mass is 10.0. The molecule has 0 aliphatic heterocycles. The molecular formula is C59H111NO5. The number of aliphatic hydroxyl groups is 2. The van der Waals surface area contributed by atoms with E-state index < -0.39 is 18.2 Å². The Morgan fingerprint density at radius 3 is 1.20 bits per heavy atom. The summed E-state index contributed by atoms with van der Waals surface area (Å²) in [5.41, 5.74) is 0. The van der Waals surface area contributed by atoms with Crippen molar-refractivity contribution in [1.82, 2.24) is 5.32 Å². The Bertz CT molecular complexity index is 1070. The molecule has 0 aliphatic carbocycles. The molecule has 0 aliphatic rings. The Labute approximate surface area is 404 Å². The fourth-order valence-electron chi connectivity index (χ4n) is 8.83. The predicted octanol–water partition coefficient (Wildman–Crippen LogP) is 17.6. The number of unbranched alkanes of at least 4 members (excludes halogenated alkanes) is 35. The lowest BCUT2D eigenvalue weighted by Gasteiger charge is -2.24. The first-order chi connectivity index (χ1) is 32.0. The number of nitrogens with one attached hydrogen (secondary N) is 1. The second kappa shape index (κ2) is 53.0. The molecule has 0 aromatic rings. The Kier molecular flexibility index (Phi) is 51.5. The van der Waals surface area contributed by atoms with Gasteiger partial charge in [0.1, 0.15) is 6.10 Å². The summed E-state index contributed by atoms with van der Waals surface area (Å²) in [6, 6.07) is -0.708. The van der Waals surface area contributed by atoms with Gasteiger partial charge in [0.2, 0.25) is 5.91 Å². The second-order valence-corrected chi connectivity index (χ2v) is 19.7. The standard InChI is InChI=1S/C59H111NO5/c1-4-7-10-13-16-19-22-25-28-29-30-31-34-37-40-43-46-49-52-59(64)65-55(50-47-44-41-38-35-32-26-23-20-17-14-11-8-5-2)53-58(63)60-56(54-61)57(62)51-48-45-42-39-36-33-27-24-21-18-15-12-9-6-3/h28-32,35,55-57,61-62H,4-27,33-34,36-54H2,1-3H3,(H,60,63)/b29-28+,31-30+,35-32+. The summed E-state index contributed by atoms with van der Waals surface area (Å²) in [6.07, 6.45) is 63.5. The summed E-state index contributed by atoms with van der Waals surface area (Å²) in [6.45, 7) is 6.50. The highest BCUT2D eigenvalue weighted by atomic mass is 16.5. The van der Waals surface area contributed by atoms with Crippen LogP contribution in [-0.2, 0) is 14.3 Å². The van der Waals surface area contributed by atoms with Crippen LogP contribution >= 0.6 is 0 Å². The van der Waals surface area contributed by atoms with Crippen LogP contribution in [0.4, 0.5) is 0 Å². The first-order valence-electron chi connectivity index (χ1n) is 28.7. The Morgan fingerprint density at radius 2 is 0.785 bits per heavy atom. The van der Waals surface area contributed by atoms with Gasteiger partial charge in [0.25, 0.3) is 0 Å². The highest BCUT2D eigenvalue weighted by Gasteiger charge is 2.24. The zero-order valence-electron chi connectivity index (χ0n) is 43.6. The van der Waals surface area contributed by atoms with Gasteiger partial charge >= 0.3 is 5.97 Å². The van der Waals surface area contributed by atoms with Gasteiger partial charge in [-0.15, -0.1) is 0 Å². The van der Waals surface area contributed by atoms with E-state index in [1.165, 1.54) is 180 Å². The van der Waals surface area contributed by atoms with Gasteiger partial charge in [-0.2, -0.15) is 0 Å². The molecule has 65 heavy (non-hydrogen) atoms. The molecule has 0 rings (SSSR count). The van der Waals surface area contributed by atoms with Gasteiger partial charge in [-0.25, -0.2) is 0 Å². The fourth-order valence-corrected chi connectivity index (χ4v) is 8.83. The zero-order valence-corrected chi connectivity index (χ0v) is 43.6. The minimum absolute atomic E-state index is 0.0635. The molecule has 0 saturated heterocycles. The van der Waals surface area contributed by atoms with Crippen LogP contribution in [0.5, 0.6) is 0 Å². The summed E-state index contributed by atoms with van der Waals surface area (Å²) in [5, 5.41) is 23.9. The molecule has 0 bridgehead atoms. The number of hydrogen-bond donors (Lipinski definition) is 3. The van der Waals surface area contributed by atoms with E-state index >= 15 is 0 Å². The van der Waals surface area contributed by atoms with E-state index in [0.29, 0.717) is 19.3 Å². The zero-order chi connectivity index (χ0) is 47.4. The van der Waals surface area contributed by atoms with Crippen LogP contribution in [0.2, 0.25) is 0 Å². The minimum Gasteiger partial charge on any atom is -0.462 e.